The molecule has 6 nitrogen and oxygen atoms in total. The number of aromatic amines is 1. The number of aromatic nitrogens is 4. The minimum absolute atomic E-state index is 0.439. The number of rotatable bonds is 5. The molecule has 4 aromatic rings. The molecule has 0 aliphatic carbocycles. The first-order valence-corrected chi connectivity index (χ1v) is 10.1. The normalized spacial score (nSPS) is 15.6. The fraction of sp³-hybridized carbons (Fsp3) is 0.261. The van der Waals surface area contributed by atoms with Gasteiger partial charge in [0.1, 0.15) is 17.8 Å². The van der Waals surface area contributed by atoms with Gasteiger partial charge in [0.2, 0.25) is 0 Å². The highest BCUT2D eigenvalue weighted by molar-refractivity contribution is 5.92. The first-order chi connectivity index (χ1) is 14.3. The van der Waals surface area contributed by atoms with E-state index >= 15 is 0 Å². The molecule has 5 rings (SSSR count). The van der Waals surface area contributed by atoms with Gasteiger partial charge in [0, 0.05) is 55.1 Å². The molecule has 29 heavy (non-hydrogen) atoms. The van der Waals surface area contributed by atoms with E-state index < -0.39 is 0 Å². The Labute approximate surface area is 170 Å². The van der Waals surface area contributed by atoms with Crippen LogP contribution in [-0.4, -0.2) is 44.0 Å². The number of hydrogen-bond donors (Lipinski definition) is 2. The van der Waals surface area contributed by atoms with E-state index in [-0.39, 0.29) is 0 Å². The number of likely N-dealkylation sites (tertiary alicyclic amines) is 1. The largest absolute Gasteiger partial charge is 0.367 e. The molecule has 0 unspecified atom stereocenters. The molecule has 1 saturated heterocycles. The zero-order valence-corrected chi connectivity index (χ0v) is 16.3. The van der Waals surface area contributed by atoms with Crippen LogP contribution in [0.15, 0.2) is 67.3 Å². The number of piperidine rings is 1. The maximum atomic E-state index is 4.48. The molecular formula is C23H24N6. The molecule has 3 aromatic heterocycles. The Morgan fingerprint density at radius 3 is 2.72 bits per heavy atom. The topological polar surface area (TPSA) is 69.7 Å². The van der Waals surface area contributed by atoms with Gasteiger partial charge in [0.05, 0.1) is 5.69 Å². The van der Waals surface area contributed by atoms with Crippen molar-refractivity contribution in [1.29, 1.82) is 0 Å². The summed E-state index contributed by atoms with van der Waals surface area (Å²) >= 11 is 0. The summed E-state index contributed by atoms with van der Waals surface area (Å²) in [6, 6.07) is 17.2. The van der Waals surface area contributed by atoms with Crippen molar-refractivity contribution in [2.24, 2.45) is 0 Å². The molecule has 1 aliphatic heterocycles. The smallest absolute Gasteiger partial charge is 0.137 e. The average Bonchev–Trinajstić information content (AvgIpc) is 3.20. The van der Waals surface area contributed by atoms with Crippen LogP contribution < -0.4 is 5.32 Å². The van der Waals surface area contributed by atoms with Crippen molar-refractivity contribution >= 4 is 16.9 Å². The lowest BCUT2D eigenvalue weighted by Crippen LogP contribution is -2.38. The average molecular weight is 384 g/mol. The Balaban J connectivity index is 1.23. The fourth-order valence-electron chi connectivity index (χ4n) is 4.04. The third-order valence-electron chi connectivity index (χ3n) is 5.58. The number of nitrogens with zero attached hydrogens (tertiary/aromatic N) is 4. The van der Waals surface area contributed by atoms with E-state index in [9.17, 15) is 0 Å². The van der Waals surface area contributed by atoms with Gasteiger partial charge < -0.3 is 10.3 Å². The van der Waals surface area contributed by atoms with Crippen molar-refractivity contribution in [3.05, 3.63) is 72.8 Å². The van der Waals surface area contributed by atoms with Crippen molar-refractivity contribution in [3.8, 4) is 11.3 Å². The summed E-state index contributed by atoms with van der Waals surface area (Å²) in [5.41, 5.74) is 4.22. The Kier molecular flexibility index (Phi) is 4.92. The number of anilines is 1. The minimum Gasteiger partial charge on any atom is -0.367 e. The van der Waals surface area contributed by atoms with Crippen molar-refractivity contribution in [3.63, 3.8) is 0 Å². The molecule has 0 bridgehead atoms. The minimum atomic E-state index is 0.439. The van der Waals surface area contributed by atoms with Crippen LogP contribution in [0, 0.1) is 0 Å². The quantitative estimate of drug-likeness (QED) is 0.542. The fourth-order valence-corrected chi connectivity index (χ4v) is 4.04. The summed E-state index contributed by atoms with van der Waals surface area (Å²) in [4.78, 5) is 19.0. The lowest BCUT2D eigenvalue weighted by atomic mass is 10.0. The molecule has 0 spiro atoms. The third-order valence-corrected chi connectivity index (χ3v) is 5.58. The van der Waals surface area contributed by atoms with Crippen molar-refractivity contribution < 1.29 is 0 Å². The van der Waals surface area contributed by atoms with Gasteiger partial charge in [-0.15, -0.1) is 0 Å². The molecule has 2 N–H and O–H groups in total. The van der Waals surface area contributed by atoms with E-state index in [1.165, 1.54) is 5.56 Å². The Hall–Kier alpha value is -3.25. The van der Waals surface area contributed by atoms with Gasteiger partial charge in [0.25, 0.3) is 0 Å². The molecule has 0 atom stereocenters. The van der Waals surface area contributed by atoms with Gasteiger partial charge in [-0.1, -0.05) is 30.3 Å². The van der Waals surface area contributed by atoms with E-state index in [1.807, 2.05) is 18.3 Å². The Bertz CT molecular complexity index is 1080. The second-order valence-electron chi connectivity index (χ2n) is 7.57. The van der Waals surface area contributed by atoms with E-state index in [0.29, 0.717) is 6.04 Å². The molecule has 1 aromatic carbocycles. The van der Waals surface area contributed by atoms with E-state index in [4.69, 9.17) is 0 Å². The zero-order valence-electron chi connectivity index (χ0n) is 16.3. The van der Waals surface area contributed by atoms with E-state index in [1.54, 1.807) is 12.5 Å². The molecule has 6 heteroatoms. The van der Waals surface area contributed by atoms with Crippen molar-refractivity contribution in [2.75, 3.05) is 18.4 Å². The highest BCUT2D eigenvalue weighted by atomic mass is 15.1. The third kappa shape index (κ3) is 3.98. The maximum absolute atomic E-state index is 4.48. The predicted octanol–water partition coefficient (Wildman–Crippen LogP) is 4.10. The van der Waals surface area contributed by atoms with Crippen molar-refractivity contribution in [2.45, 2.75) is 25.4 Å². The number of fused-ring (bicyclic) bond motifs is 1. The summed E-state index contributed by atoms with van der Waals surface area (Å²) < 4.78 is 0. The predicted molar refractivity (Wildman–Crippen MR) is 115 cm³/mol. The lowest BCUT2D eigenvalue weighted by Gasteiger charge is -2.32. The SMILES string of the molecule is c1ccc(CN2CCC(Nc3cc(-c4c[nH]c5ncccc45)ncn3)CC2)cc1. The molecule has 4 heterocycles. The summed E-state index contributed by atoms with van der Waals surface area (Å²) in [5.74, 6) is 0.884. The summed E-state index contributed by atoms with van der Waals surface area (Å²) in [7, 11) is 0. The molecule has 0 saturated carbocycles. The number of H-pyrrole nitrogens is 1. The van der Waals surface area contributed by atoms with Crippen LogP contribution in [0.5, 0.6) is 0 Å². The summed E-state index contributed by atoms with van der Waals surface area (Å²) in [5, 5.41) is 4.69. The standard InChI is InChI=1S/C23H24N6/c1-2-5-17(6-3-1)15-29-11-8-18(9-12-29)28-22-13-21(26-16-27-22)20-14-25-23-19(20)7-4-10-24-23/h1-7,10,13-14,16,18H,8-9,11-12,15H2,(H,24,25)(H,26,27,28). The molecule has 0 radical (unpaired) electrons. The first-order valence-electron chi connectivity index (χ1n) is 10.1. The number of hydrogen-bond acceptors (Lipinski definition) is 5. The van der Waals surface area contributed by atoms with E-state index in [0.717, 1.165) is 60.6 Å². The van der Waals surface area contributed by atoms with Crippen LogP contribution in [0.2, 0.25) is 0 Å². The monoisotopic (exact) mass is 384 g/mol. The second kappa shape index (κ2) is 8.01. The molecular weight excluding hydrogens is 360 g/mol. The molecule has 146 valence electrons. The van der Waals surface area contributed by atoms with Gasteiger partial charge in [-0.25, -0.2) is 15.0 Å². The highest BCUT2D eigenvalue weighted by Gasteiger charge is 2.20. The molecule has 0 amide bonds. The Morgan fingerprint density at radius 1 is 1.00 bits per heavy atom. The second-order valence-corrected chi connectivity index (χ2v) is 7.57. The van der Waals surface area contributed by atoms with Gasteiger partial charge >= 0.3 is 0 Å². The van der Waals surface area contributed by atoms with Crippen LogP contribution in [0.3, 0.4) is 0 Å². The summed E-state index contributed by atoms with van der Waals surface area (Å²) in [6.45, 7) is 3.22. The van der Waals surface area contributed by atoms with Crippen LogP contribution >= 0.6 is 0 Å². The van der Waals surface area contributed by atoms with Crippen LogP contribution in [-0.2, 0) is 6.54 Å². The molecule has 1 aliphatic rings. The van der Waals surface area contributed by atoms with Gasteiger partial charge in [-0.2, -0.15) is 0 Å². The van der Waals surface area contributed by atoms with Crippen LogP contribution in [0.4, 0.5) is 5.82 Å². The number of benzene rings is 1. The van der Waals surface area contributed by atoms with Gasteiger partial charge in [0.15, 0.2) is 0 Å². The van der Waals surface area contributed by atoms with Crippen LogP contribution in [0.25, 0.3) is 22.3 Å². The highest BCUT2D eigenvalue weighted by Crippen LogP contribution is 2.27. The first kappa shape index (κ1) is 17.8. The number of nitrogens with one attached hydrogen (secondary N) is 2. The van der Waals surface area contributed by atoms with Gasteiger partial charge in [-0.05, 0) is 30.5 Å². The zero-order chi connectivity index (χ0) is 19.5. The van der Waals surface area contributed by atoms with Crippen LogP contribution in [0.1, 0.15) is 18.4 Å². The Morgan fingerprint density at radius 2 is 1.86 bits per heavy atom. The maximum Gasteiger partial charge on any atom is 0.137 e. The molecule has 1 fully saturated rings. The summed E-state index contributed by atoms with van der Waals surface area (Å²) in [6.07, 6.45) is 7.62. The van der Waals surface area contributed by atoms with Crippen molar-refractivity contribution in [1.82, 2.24) is 24.8 Å². The van der Waals surface area contributed by atoms with E-state index in [2.05, 4.69) is 66.6 Å². The van der Waals surface area contributed by atoms with Gasteiger partial charge in [-0.3, -0.25) is 4.90 Å². The number of pyridine rings is 1. The lowest BCUT2D eigenvalue weighted by molar-refractivity contribution is 0.211.